The molecule has 4 N–H and O–H groups in total. The predicted molar refractivity (Wildman–Crippen MR) is 93.2 cm³/mol. The Bertz CT molecular complexity index is 849. The van der Waals surface area contributed by atoms with E-state index in [0.717, 1.165) is 11.1 Å². The Hall–Kier alpha value is -2.86. The van der Waals surface area contributed by atoms with Gasteiger partial charge >= 0.3 is 0 Å². The number of nitrogens with one attached hydrogen (secondary N) is 2. The number of benzene rings is 2. The number of nitrogens with two attached hydrogens (primary N) is 1. The van der Waals surface area contributed by atoms with Gasteiger partial charge in [0.2, 0.25) is 5.91 Å². The molecule has 0 fully saturated rings. The van der Waals surface area contributed by atoms with Crippen LogP contribution in [-0.2, 0) is 17.8 Å². The van der Waals surface area contributed by atoms with Crippen LogP contribution < -0.4 is 16.4 Å². The van der Waals surface area contributed by atoms with Crippen LogP contribution in [0.5, 0.6) is 0 Å². The van der Waals surface area contributed by atoms with E-state index in [-0.39, 0.29) is 12.3 Å². The quantitative estimate of drug-likeness (QED) is 0.754. The van der Waals surface area contributed by atoms with Gasteiger partial charge in [0.25, 0.3) is 11.8 Å². The maximum Gasteiger partial charge on any atom is 0.251 e. The summed E-state index contributed by atoms with van der Waals surface area (Å²) in [4.78, 5) is 35.7. The topological polar surface area (TPSA) is 101 Å². The summed E-state index contributed by atoms with van der Waals surface area (Å²) in [6, 6.07) is 10.9. The lowest BCUT2D eigenvalue weighted by molar-refractivity contribution is -0.119. The van der Waals surface area contributed by atoms with Crippen LogP contribution in [0.3, 0.4) is 0 Å². The highest BCUT2D eigenvalue weighted by Gasteiger charge is 2.23. The number of carbonyl (C=O) groups excluding carboxylic acids is 3. The third-order valence-corrected chi connectivity index (χ3v) is 4.31. The van der Waals surface area contributed by atoms with Crippen LogP contribution in [0, 0.1) is 0 Å². The lowest BCUT2D eigenvalue weighted by Crippen LogP contribution is -2.45. The molecular formula is C18H16ClN3O3. The highest BCUT2D eigenvalue weighted by Crippen LogP contribution is 2.17. The molecule has 0 saturated carbocycles. The van der Waals surface area contributed by atoms with Gasteiger partial charge in [-0.05, 0) is 41.5 Å². The number of rotatable bonds is 5. The summed E-state index contributed by atoms with van der Waals surface area (Å²) in [6.45, 7) is 0.388. The zero-order chi connectivity index (χ0) is 18.0. The fraction of sp³-hybridized carbons (Fsp3) is 0.167. The third kappa shape index (κ3) is 3.80. The van der Waals surface area contributed by atoms with Crippen LogP contribution in [0.25, 0.3) is 0 Å². The van der Waals surface area contributed by atoms with Crippen LogP contribution in [-0.4, -0.2) is 23.8 Å². The van der Waals surface area contributed by atoms with Crippen LogP contribution in [0.15, 0.2) is 42.5 Å². The van der Waals surface area contributed by atoms with Gasteiger partial charge in [0.05, 0.1) is 0 Å². The van der Waals surface area contributed by atoms with Crippen LogP contribution in [0.1, 0.15) is 31.8 Å². The number of fused-ring (bicyclic) bond motifs is 1. The first-order chi connectivity index (χ1) is 11.9. The van der Waals surface area contributed by atoms with Gasteiger partial charge in [-0.3, -0.25) is 14.4 Å². The van der Waals surface area contributed by atoms with Crippen molar-refractivity contribution in [1.29, 1.82) is 0 Å². The molecule has 6 nitrogen and oxygen atoms in total. The molecule has 128 valence electrons. The van der Waals surface area contributed by atoms with Crippen molar-refractivity contribution in [2.24, 2.45) is 5.73 Å². The molecule has 3 rings (SSSR count). The van der Waals surface area contributed by atoms with Crippen molar-refractivity contribution in [1.82, 2.24) is 10.6 Å². The van der Waals surface area contributed by atoms with E-state index >= 15 is 0 Å². The van der Waals surface area contributed by atoms with Crippen molar-refractivity contribution >= 4 is 29.3 Å². The van der Waals surface area contributed by atoms with Gasteiger partial charge in [0, 0.05) is 29.1 Å². The molecular weight excluding hydrogens is 342 g/mol. The van der Waals surface area contributed by atoms with Gasteiger partial charge in [-0.1, -0.05) is 23.7 Å². The van der Waals surface area contributed by atoms with Crippen LogP contribution >= 0.6 is 11.6 Å². The minimum atomic E-state index is -0.846. The Morgan fingerprint density at radius 2 is 1.92 bits per heavy atom. The highest BCUT2D eigenvalue weighted by molar-refractivity contribution is 6.30. The number of carbonyl (C=O) groups is 3. The second kappa shape index (κ2) is 6.94. The molecule has 0 bridgehead atoms. The fourth-order valence-corrected chi connectivity index (χ4v) is 2.82. The van der Waals surface area contributed by atoms with Gasteiger partial charge in [-0.15, -0.1) is 0 Å². The molecule has 0 saturated heterocycles. The Kier molecular flexibility index (Phi) is 4.72. The van der Waals surface area contributed by atoms with Gasteiger partial charge in [0.1, 0.15) is 6.04 Å². The molecule has 1 heterocycles. The van der Waals surface area contributed by atoms with E-state index in [0.29, 0.717) is 22.7 Å². The number of hydrogen-bond donors (Lipinski definition) is 3. The standard InChI is InChI=1S/C18H16ClN3O3/c19-13-4-1-10(2-5-13)7-15(16(20)23)22-17(24)11-3-6-14-12(8-11)9-21-18(14)25/h1-6,8,15H,7,9H2,(H2,20,23)(H,21,25)(H,22,24). The zero-order valence-corrected chi connectivity index (χ0v) is 14.0. The second-order valence-electron chi connectivity index (χ2n) is 5.81. The Balaban J connectivity index is 1.74. The molecule has 25 heavy (non-hydrogen) atoms. The molecule has 1 aliphatic heterocycles. The van der Waals surface area contributed by atoms with Crippen LogP contribution in [0.4, 0.5) is 0 Å². The second-order valence-corrected chi connectivity index (χ2v) is 6.25. The van der Waals surface area contributed by atoms with E-state index in [2.05, 4.69) is 10.6 Å². The van der Waals surface area contributed by atoms with E-state index < -0.39 is 17.9 Å². The first-order valence-corrected chi connectivity index (χ1v) is 8.07. The van der Waals surface area contributed by atoms with Gasteiger partial charge < -0.3 is 16.4 Å². The number of hydrogen-bond acceptors (Lipinski definition) is 3. The molecule has 1 aliphatic rings. The number of primary amides is 1. The molecule has 0 spiro atoms. The lowest BCUT2D eigenvalue weighted by atomic mass is 10.0. The molecule has 2 aromatic carbocycles. The van der Waals surface area contributed by atoms with Crippen molar-refractivity contribution in [3.8, 4) is 0 Å². The summed E-state index contributed by atoms with van der Waals surface area (Å²) in [6.07, 6.45) is 0.267. The van der Waals surface area contributed by atoms with Crippen molar-refractivity contribution in [3.05, 3.63) is 69.7 Å². The summed E-state index contributed by atoms with van der Waals surface area (Å²) < 4.78 is 0. The third-order valence-electron chi connectivity index (χ3n) is 4.05. The molecule has 2 aromatic rings. The Morgan fingerprint density at radius 1 is 1.20 bits per heavy atom. The van der Waals surface area contributed by atoms with Crippen LogP contribution in [0.2, 0.25) is 5.02 Å². The average molecular weight is 358 g/mol. The molecule has 0 radical (unpaired) electrons. The lowest BCUT2D eigenvalue weighted by Gasteiger charge is -2.16. The van der Waals surface area contributed by atoms with Crippen molar-refractivity contribution in [3.63, 3.8) is 0 Å². The van der Waals surface area contributed by atoms with E-state index in [1.807, 2.05) is 0 Å². The van der Waals surface area contributed by atoms with Gasteiger partial charge in [-0.2, -0.15) is 0 Å². The van der Waals surface area contributed by atoms with E-state index in [4.69, 9.17) is 17.3 Å². The van der Waals surface area contributed by atoms with Gasteiger partial charge in [-0.25, -0.2) is 0 Å². The Morgan fingerprint density at radius 3 is 2.60 bits per heavy atom. The first-order valence-electron chi connectivity index (χ1n) is 7.70. The zero-order valence-electron chi connectivity index (χ0n) is 13.2. The van der Waals surface area contributed by atoms with E-state index in [1.165, 1.54) is 0 Å². The smallest absolute Gasteiger partial charge is 0.251 e. The van der Waals surface area contributed by atoms with Crippen molar-refractivity contribution < 1.29 is 14.4 Å². The van der Waals surface area contributed by atoms with Crippen molar-refractivity contribution in [2.75, 3.05) is 0 Å². The minimum Gasteiger partial charge on any atom is -0.368 e. The average Bonchev–Trinajstić information content (AvgIpc) is 2.96. The Labute approximate surface area is 149 Å². The minimum absolute atomic E-state index is 0.153. The van der Waals surface area contributed by atoms with E-state index in [1.54, 1.807) is 42.5 Å². The summed E-state index contributed by atoms with van der Waals surface area (Å²) >= 11 is 5.84. The molecule has 7 heteroatoms. The van der Waals surface area contributed by atoms with Gasteiger partial charge in [0.15, 0.2) is 0 Å². The molecule has 1 unspecified atom stereocenters. The van der Waals surface area contributed by atoms with E-state index in [9.17, 15) is 14.4 Å². The predicted octanol–water partition coefficient (Wildman–Crippen LogP) is 1.41. The monoisotopic (exact) mass is 357 g/mol. The summed E-state index contributed by atoms with van der Waals surface area (Å²) in [7, 11) is 0. The maximum atomic E-state index is 12.4. The highest BCUT2D eigenvalue weighted by atomic mass is 35.5. The molecule has 0 aliphatic carbocycles. The maximum absolute atomic E-state index is 12.4. The summed E-state index contributed by atoms with van der Waals surface area (Å²) in [5.74, 6) is -1.19. The van der Waals surface area contributed by atoms with Crippen molar-refractivity contribution in [2.45, 2.75) is 19.0 Å². The number of halogens is 1. The molecule has 0 aromatic heterocycles. The number of amides is 3. The summed E-state index contributed by atoms with van der Waals surface area (Å²) in [5, 5.41) is 5.93. The molecule has 1 atom stereocenters. The normalized spacial score (nSPS) is 13.7. The fourth-order valence-electron chi connectivity index (χ4n) is 2.69. The summed E-state index contributed by atoms with van der Waals surface area (Å²) in [5.41, 5.74) is 7.93. The SMILES string of the molecule is NC(=O)C(Cc1ccc(Cl)cc1)NC(=O)c1ccc2c(c1)CNC2=O. The first kappa shape index (κ1) is 17.0. The molecule has 3 amide bonds. The largest absolute Gasteiger partial charge is 0.368 e.